The van der Waals surface area contributed by atoms with Crippen molar-refractivity contribution in [2.75, 3.05) is 0 Å². The fourth-order valence-electron chi connectivity index (χ4n) is 1.63. The number of hydrogen-bond donors (Lipinski definition) is 0. The van der Waals surface area contributed by atoms with Crippen LogP contribution < -0.4 is 0 Å². The molecule has 0 aliphatic carbocycles. The Kier molecular flexibility index (Phi) is 5.36. The van der Waals surface area contributed by atoms with Gasteiger partial charge in [0, 0.05) is 16.2 Å². The van der Waals surface area contributed by atoms with Gasteiger partial charge in [0.15, 0.2) is 0 Å². The van der Waals surface area contributed by atoms with Crippen molar-refractivity contribution in [3.8, 4) is 0 Å². The molecule has 0 saturated heterocycles. The summed E-state index contributed by atoms with van der Waals surface area (Å²) in [7, 11) is 0. The fourth-order valence-corrected chi connectivity index (χ4v) is 2.74. The molecule has 1 aromatic heterocycles. The van der Waals surface area contributed by atoms with Gasteiger partial charge in [-0.15, -0.1) is 11.3 Å². The number of rotatable bonds is 4. The highest BCUT2D eigenvalue weighted by atomic mass is 32.1. The second-order valence-electron chi connectivity index (χ2n) is 4.03. The molecule has 0 radical (unpaired) electrons. The smallest absolute Gasteiger partial charge is 0.122 e. The summed E-state index contributed by atoms with van der Waals surface area (Å²) in [5, 5.41) is 0. The maximum absolute atomic E-state index is 13.5. The zero-order valence-corrected chi connectivity index (χ0v) is 11.7. The second-order valence-corrected chi connectivity index (χ2v) is 5.37. The van der Waals surface area contributed by atoms with Gasteiger partial charge >= 0.3 is 0 Å². The molecule has 0 aliphatic rings. The zero-order chi connectivity index (χ0) is 12.8. The molecule has 1 aromatic rings. The Hall–Kier alpha value is -1.15. The van der Waals surface area contributed by atoms with E-state index in [1.165, 1.54) is 21.4 Å². The highest BCUT2D eigenvalue weighted by Crippen LogP contribution is 2.26. The van der Waals surface area contributed by atoms with Crippen LogP contribution in [-0.2, 0) is 6.42 Å². The largest absolute Gasteiger partial charge is 0.207 e. The summed E-state index contributed by atoms with van der Waals surface area (Å²) < 4.78 is 13.5. The van der Waals surface area contributed by atoms with E-state index in [0.29, 0.717) is 6.42 Å². The van der Waals surface area contributed by atoms with Crippen molar-refractivity contribution in [3.63, 3.8) is 0 Å². The molecule has 17 heavy (non-hydrogen) atoms. The van der Waals surface area contributed by atoms with Gasteiger partial charge in [0.05, 0.1) is 0 Å². The highest BCUT2D eigenvalue weighted by Gasteiger charge is 2.05. The average molecular weight is 250 g/mol. The zero-order valence-electron chi connectivity index (χ0n) is 10.9. The Morgan fingerprint density at radius 1 is 1.35 bits per heavy atom. The van der Waals surface area contributed by atoms with E-state index in [0.717, 1.165) is 5.57 Å². The van der Waals surface area contributed by atoms with Crippen molar-refractivity contribution in [2.45, 2.75) is 34.1 Å². The molecule has 1 rings (SSSR count). The third-order valence-electron chi connectivity index (χ3n) is 2.51. The molecular formula is C15H19FS. The van der Waals surface area contributed by atoms with Gasteiger partial charge in [-0.1, -0.05) is 18.2 Å². The number of allylic oxidation sites excluding steroid dienone is 5. The molecule has 0 nitrogen and oxygen atoms in total. The summed E-state index contributed by atoms with van der Waals surface area (Å²) in [6.07, 6.45) is 8.06. The van der Waals surface area contributed by atoms with Gasteiger partial charge in [-0.05, 0) is 51.0 Å². The monoisotopic (exact) mass is 250 g/mol. The molecule has 0 bridgehead atoms. The normalized spacial score (nSPS) is 13.7. The lowest BCUT2D eigenvalue weighted by molar-refractivity contribution is 0.650. The first kappa shape index (κ1) is 13.9. The van der Waals surface area contributed by atoms with Crippen molar-refractivity contribution >= 4 is 17.4 Å². The number of halogens is 1. The first-order valence-electron chi connectivity index (χ1n) is 5.78. The Labute approximate surface area is 107 Å². The maximum atomic E-state index is 13.5. The van der Waals surface area contributed by atoms with Gasteiger partial charge in [0.1, 0.15) is 5.83 Å². The van der Waals surface area contributed by atoms with Crippen LogP contribution in [0.25, 0.3) is 6.08 Å². The van der Waals surface area contributed by atoms with Gasteiger partial charge < -0.3 is 0 Å². The number of hydrogen-bond acceptors (Lipinski definition) is 1. The molecule has 0 spiro atoms. The lowest BCUT2D eigenvalue weighted by Gasteiger charge is -1.98. The summed E-state index contributed by atoms with van der Waals surface area (Å²) in [6.45, 7) is 7.78. The van der Waals surface area contributed by atoms with E-state index < -0.39 is 0 Å². The van der Waals surface area contributed by atoms with Crippen LogP contribution in [0, 0.1) is 6.92 Å². The predicted octanol–water partition coefficient (Wildman–Crippen LogP) is 5.45. The molecular weight excluding hydrogens is 231 g/mol. The van der Waals surface area contributed by atoms with E-state index >= 15 is 0 Å². The topological polar surface area (TPSA) is 0 Å². The molecule has 0 unspecified atom stereocenters. The van der Waals surface area contributed by atoms with Crippen LogP contribution in [0.3, 0.4) is 0 Å². The van der Waals surface area contributed by atoms with Crippen LogP contribution in [0.15, 0.2) is 35.7 Å². The standard InChI is InChI=1S/C15H19FS/c1-5-7-13-10-14(17-12(13)4)9-11(3)15(16)8-6-2/h5-8,10H,9H2,1-4H3/b7-5-,8-6-,15-11-. The van der Waals surface area contributed by atoms with E-state index in [-0.39, 0.29) is 5.83 Å². The number of thiophene rings is 1. The molecule has 0 saturated carbocycles. The van der Waals surface area contributed by atoms with Crippen LogP contribution >= 0.6 is 11.3 Å². The van der Waals surface area contributed by atoms with Crippen molar-refractivity contribution in [1.29, 1.82) is 0 Å². The average Bonchev–Trinajstić information content (AvgIpc) is 2.60. The minimum Gasteiger partial charge on any atom is -0.207 e. The summed E-state index contributed by atoms with van der Waals surface area (Å²) in [5.74, 6) is -0.119. The van der Waals surface area contributed by atoms with E-state index in [2.05, 4.69) is 19.1 Å². The molecule has 92 valence electrons. The van der Waals surface area contributed by atoms with Crippen LogP contribution in [0.1, 0.15) is 36.1 Å². The first-order chi connectivity index (χ1) is 8.08. The summed E-state index contributed by atoms with van der Waals surface area (Å²) in [4.78, 5) is 2.50. The second kappa shape index (κ2) is 6.55. The van der Waals surface area contributed by atoms with Gasteiger partial charge in [-0.25, -0.2) is 4.39 Å². The molecule has 0 fully saturated rings. The van der Waals surface area contributed by atoms with Gasteiger partial charge in [0.25, 0.3) is 0 Å². The summed E-state index contributed by atoms with van der Waals surface area (Å²) >= 11 is 1.74. The van der Waals surface area contributed by atoms with E-state index in [1.807, 2.05) is 26.8 Å². The van der Waals surface area contributed by atoms with Crippen LogP contribution in [0.5, 0.6) is 0 Å². The van der Waals surface area contributed by atoms with Crippen molar-refractivity contribution in [3.05, 3.63) is 51.0 Å². The summed E-state index contributed by atoms with van der Waals surface area (Å²) in [6, 6.07) is 2.15. The minimum absolute atomic E-state index is 0.119. The quantitative estimate of drug-likeness (QED) is 0.623. The Morgan fingerprint density at radius 2 is 2.06 bits per heavy atom. The van der Waals surface area contributed by atoms with Crippen LogP contribution in [0.2, 0.25) is 0 Å². The molecule has 0 atom stereocenters. The Balaban J connectivity index is 2.89. The van der Waals surface area contributed by atoms with Gasteiger partial charge in [-0.3, -0.25) is 0 Å². The molecule has 2 heteroatoms. The van der Waals surface area contributed by atoms with Crippen molar-refractivity contribution in [1.82, 2.24) is 0 Å². The Morgan fingerprint density at radius 3 is 2.65 bits per heavy atom. The predicted molar refractivity (Wildman–Crippen MR) is 76.1 cm³/mol. The Bertz CT molecular complexity index is 461. The number of aryl methyl sites for hydroxylation is 1. The first-order valence-corrected chi connectivity index (χ1v) is 6.60. The third kappa shape index (κ3) is 3.97. The van der Waals surface area contributed by atoms with Crippen molar-refractivity contribution < 1.29 is 4.39 Å². The minimum atomic E-state index is -0.119. The maximum Gasteiger partial charge on any atom is 0.122 e. The summed E-state index contributed by atoms with van der Waals surface area (Å²) in [5.41, 5.74) is 2.03. The lowest BCUT2D eigenvalue weighted by Crippen LogP contribution is -1.85. The SMILES string of the molecule is C/C=C\C(F)=C(/C)Cc1cc(/C=C\C)c(C)s1. The van der Waals surface area contributed by atoms with Gasteiger partial charge in [0.2, 0.25) is 0 Å². The van der Waals surface area contributed by atoms with E-state index in [1.54, 1.807) is 17.4 Å². The molecule has 0 aliphatic heterocycles. The molecule has 1 heterocycles. The fraction of sp³-hybridized carbons (Fsp3) is 0.333. The van der Waals surface area contributed by atoms with Crippen LogP contribution in [-0.4, -0.2) is 0 Å². The third-order valence-corrected chi connectivity index (χ3v) is 3.58. The molecule has 0 amide bonds. The van der Waals surface area contributed by atoms with Crippen molar-refractivity contribution in [2.24, 2.45) is 0 Å². The molecule has 0 aromatic carbocycles. The lowest BCUT2D eigenvalue weighted by atomic mass is 10.1. The molecule has 0 N–H and O–H groups in total. The van der Waals surface area contributed by atoms with Gasteiger partial charge in [-0.2, -0.15) is 0 Å². The van der Waals surface area contributed by atoms with E-state index in [9.17, 15) is 4.39 Å². The highest BCUT2D eigenvalue weighted by molar-refractivity contribution is 7.12. The van der Waals surface area contributed by atoms with Crippen LogP contribution in [0.4, 0.5) is 4.39 Å². The van der Waals surface area contributed by atoms with E-state index in [4.69, 9.17) is 0 Å².